The summed E-state index contributed by atoms with van der Waals surface area (Å²) in [7, 11) is 1.81. The second-order valence-electron chi connectivity index (χ2n) is 4.65. The zero-order chi connectivity index (χ0) is 15.2. The smallest absolute Gasteiger partial charge is 0.230 e. The van der Waals surface area contributed by atoms with E-state index in [1.54, 1.807) is 6.20 Å². The second-order valence-corrected chi connectivity index (χ2v) is 4.65. The van der Waals surface area contributed by atoms with Crippen molar-refractivity contribution in [1.82, 2.24) is 24.5 Å². The molecule has 2 heterocycles. The van der Waals surface area contributed by atoms with E-state index in [1.807, 2.05) is 13.2 Å². The van der Waals surface area contributed by atoms with E-state index in [4.69, 9.17) is 0 Å². The van der Waals surface area contributed by atoms with E-state index in [2.05, 4.69) is 55.5 Å². The van der Waals surface area contributed by atoms with Gasteiger partial charge in [0.25, 0.3) is 0 Å². The largest absolute Gasteiger partial charge is 0.357 e. The number of anilines is 2. The topological polar surface area (TPSA) is 71.8 Å². The first-order valence-corrected chi connectivity index (χ1v) is 7.43. The molecule has 7 heteroatoms. The maximum absolute atomic E-state index is 4.59. The molecule has 114 valence electrons. The van der Waals surface area contributed by atoms with Gasteiger partial charge in [-0.05, 0) is 20.3 Å². The van der Waals surface area contributed by atoms with Crippen molar-refractivity contribution >= 4 is 11.9 Å². The summed E-state index contributed by atoms with van der Waals surface area (Å²) in [5, 5.41) is 3.00. The summed E-state index contributed by atoms with van der Waals surface area (Å²) in [6, 6.07) is 0. The van der Waals surface area contributed by atoms with Crippen molar-refractivity contribution in [3.05, 3.63) is 12.4 Å². The fourth-order valence-electron chi connectivity index (χ4n) is 2.16. The molecular weight excluding hydrogens is 266 g/mol. The number of hydrogen-bond acceptors (Lipinski definition) is 6. The van der Waals surface area contributed by atoms with Crippen molar-refractivity contribution in [3.63, 3.8) is 0 Å². The molecule has 0 amide bonds. The summed E-state index contributed by atoms with van der Waals surface area (Å²) in [6.07, 6.45) is 4.78. The van der Waals surface area contributed by atoms with E-state index in [1.165, 1.54) is 0 Å². The van der Waals surface area contributed by atoms with E-state index >= 15 is 0 Å². The fraction of sp³-hybridized carbons (Fsp3) is 0.571. The summed E-state index contributed by atoms with van der Waals surface area (Å²) < 4.78 is 2.07. The molecular formula is C14H23N7. The lowest BCUT2D eigenvalue weighted by atomic mass is 10.4. The predicted octanol–water partition coefficient (Wildman–Crippen LogP) is 2.03. The SMILES string of the molecule is CCCn1ccnc1-c1nc(NC)nc(N(CC)CC)n1. The Labute approximate surface area is 125 Å². The van der Waals surface area contributed by atoms with Crippen LogP contribution in [0.3, 0.4) is 0 Å². The fourth-order valence-corrected chi connectivity index (χ4v) is 2.16. The van der Waals surface area contributed by atoms with Crippen LogP contribution in [-0.2, 0) is 6.54 Å². The van der Waals surface area contributed by atoms with Crippen LogP contribution in [0.4, 0.5) is 11.9 Å². The van der Waals surface area contributed by atoms with Gasteiger partial charge >= 0.3 is 0 Å². The Morgan fingerprint density at radius 2 is 1.90 bits per heavy atom. The Hall–Kier alpha value is -2.18. The minimum absolute atomic E-state index is 0.563. The van der Waals surface area contributed by atoms with Gasteiger partial charge in [0.1, 0.15) is 0 Å². The van der Waals surface area contributed by atoms with Crippen LogP contribution in [0.5, 0.6) is 0 Å². The van der Waals surface area contributed by atoms with Crippen molar-refractivity contribution in [1.29, 1.82) is 0 Å². The minimum Gasteiger partial charge on any atom is -0.357 e. The molecule has 0 bridgehead atoms. The molecule has 2 aromatic heterocycles. The first-order chi connectivity index (χ1) is 10.2. The third-order valence-corrected chi connectivity index (χ3v) is 3.27. The van der Waals surface area contributed by atoms with Crippen LogP contribution in [0.1, 0.15) is 27.2 Å². The van der Waals surface area contributed by atoms with Gasteiger partial charge in [-0.2, -0.15) is 15.0 Å². The van der Waals surface area contributed by atoms with Crippen molar-refractivity contribution in [2.75, 3.05) is 30.4 Å². The summed E-state index contributed by atoms with van der Waals surface area (Å²) in [5.74, 6) is 2.63. The van der Waals surface area contributed by atoms with Crippen molar-refractivity contribution in [2.45, 2.75) is 33.7 Å². The van der Waals surface area contributed by atoms with Crippen LogP contribution >= 0.6 is 0 Å². The summed E-state index contributed by atoms with van der Waals surface area (Å²) in [4.78, 5) is 20.0. The third kappa shape index (κ3) is 3.29. The van der Waals surface area contributed by atoms with E-state index in [0.29, 0.717) is 17.7 Å². The lowest BCUT2D eigenvalue weighted by molar-refractivity contribution is 0.681. The number of hydrogen-bond donors (Lipinski definition) is 1. The molecule has 0 aromatic carbocycles. The van der Waals surface area contributed by atoms with Gasteiger partial charge in [-0.15, -0.1) is 0 Å². The molecule has 0 radical (unpaired) electrons. The molecule has 0 spiro atoms. The zero-order valence-corrected chi connectivity index (χ0v) is 13.2. The van der Waals surface area contributed by atoms with Crippen LogP contribution < -0.4 is 10.2 Å². The van der Waals surface area contributed by atoms with Gasteiger partial charge in [-0.1, -0.05) is 6.92 Å². The summed E-state index contributed by atoms with van der Waals surface area (Å²) in [6.45, 7) is 8.92. The first kappa shape index (κ1) is 15.2. The maximum Gasteiger partial charge on any atom is 0.230 e. The molecule has 2 rings (SSSR count). The zero-order valence-electron chi connectivity index (χ0n) is 13.2. The Bertz CT molecular complexity index is 574. The number of nitrogens with one attached hydrogen (secondary N) is 1. The molecule has 0 saturated carbocycles. The number of rotatable bonds is 7. The molecule has 0 aliphatic carbocycles. The van der Waals surface area contributed by atoms with E-state index < -0.39 is 0 Å². The van der Waals surface area contributed by atoms with Gasteiger partial charge in [-0.3, -0.25) is 0 Å². The Kier molecular flexibility index (Phi) is 5.08. The molecule has 7 nitrogen and oxygen atoms in total. The quantitative estimate of drug-likeness (QED) is 0.841. The highest BCUT2D eigenvalue weighted by molar-refractivity contribution is 5.51. The number of aromatic nitrogens is 5. The van der Waals surface area contributed by atoms with Gasteiger partial charge in [-0.25, -0.2) is 4.98 Å². The average Bonchev–Trinajstić information content (AvgIpc) is 2.97. The van der Waals surface area contributed by atoms with Crippen LogP contribution in [0.15, 0.2) is 12.4 Å². The Morgan fingerprint density at radius 1 is 1.14 bits per heavy atom. The molecule has 0 fully saturated rings. The van der Waals surface area contributed by atoms with Crippen LogP contribution in [0, 0.1) is 0 Å². The standard InChI is InChI=1S/C14H23N7/c1-5-9-21-10-8-16-12(21)11-17-13(15-4)19-14(18-11)20(6-2)7-3/h8,10H,5-7,9H2,1-4H3,(H,15,17,18,19). The molecule has 0 atom stereocenters. The maximum atomic E-state index is 4.59. The van der Waals surface area contributed by atoms with E-state index in [0.717, 1.165) is 31.9 Å². The lowest BCUT2D eigenvalue weighted by Crippen LogP contribution is -2.25. The van der Waals surface area contributed by atoms with Gasteiger partial charge in [0.15, 0.2) is 5.82 Å². The number of aryl methyl sites for hydroxylation is 1. The van der Waals surface area contributed by atoms with Gasteiger partial charge in [0.05, 0.1) is 0 Å². The minimum atomic E-state index is 0.563. The number of nitrogens with zero attached hydrogens (tertiary/aromatic N) is 6. The van der Waals surface area contributed by atoms with Gasteiger partial charge in [0.2, 0.25) is 17.7 Å². The Balaban J connectivity index is 2.47. The molecule has 0 aliphatic heterocycles. The number of imidazole rings is 1. The average molecular weight is 289 g/mol. The van der Waals surface area contributed by atoms with Crippen molar-refractivity contribution in [3.8, 4) is 11.6 Å². The normalized spacial score (nSPS) is 10.7. The Morgan fingerprint density at radius 3 is 2.52 bits per heavy atom. The van der Waals surface area contributed by atoms with Crippen LogP contribution in [-0.4, -0.2) is 44.6 Å². The molecule has 0 saturated heterocycles. The van der Waals surface area contributed by atoms with Gasteiger partial charge < -0.3 is 14.8 Å². The van der Waals surface area contributed by atoms with Crippen molar-refractivity contribution in [2.24, 2.45) is 0 Å². The molecule has 0 unspecified atom stereocenters. The summed E-state index contributed by atoms with van der Waals surface area (Å²) in [5.41, 5.74) is 0. The molecule has 21 heavy (non-hydrogen) atoms. The third-order valence-electron chi connectivity index (χ3n) is 3.27. The van der Waals surface area contributed by atoms with E-state index in [-0.39, 0.29) is 0 Å². The summed E-state index contributed by atoms with van der Waals surface area (Å²) >= 11 is 0. The first-order valence-electron chi connectivity index (χ1n) is 7.43. The predicted molar refractivity (Wildman–Crippen MR) is 84.4 cm³/mol. The highest BCUT2D eigenvalue weighted by atomic mass is 15.3. The van der Waals surface area contributed by atoms with Crippen LogP contribution in [0.25, 0.3) is 11.6 Å². The van der Waals surface area contributed by atoms with Crippen LogP contribution in [0.2, 0.25) is 0 Å². The highest BCUT2D eigenvalue weighted by Crippen LogP contribution is 2.18. The highest BCUT2D eigenvalue weighted by Gasteiger charge is 2.15. The molecule has 1 N–H and O–H groups in total. The monoisotopic (exact) mass is 289 g/mol. The molecule has 0 aliphatic rings. The second kappa shape index (κ2) is 7.01. The molecule has 2 aromatic rings. The van der Waals surface area contributed by atoms with E-state index in [9.17, 15) is 0 Å². The van der Waals surface area contributed by atoms with Gasteiger partial charge in [0, 0.05) is 39.1 Å². The lowest BCUT2D eigenvalue weighted by Gasteiger charge is -2.19. The van der Waals surface area contributed by atoms with Crippen molar-refractivity contribution < 1.29 is 0 Å².